The monoisotopic (exact) mass is 355 g/mol. The zero-order valence-corrected chi connectivity index (χ0v) is 12.1. The quantitative estimate of drug-likeness (QED) is 0.583. The molecule has 5 N–H and O–H groups in total. The van der Waals surface area contributed by atoms with E-state index in [0.29, 0.717) is 4.57 Å². The topological polar surface area (TPSA) is 140 Å². The summed E-state index contributed by atoms with van der Waals surface area (Å²) in [6.45, 7) is -0.904. The van der Waals surface area contributed by atoms with E-state index in [1.165, 1.54) is 0 Å². The number of imidazole rings is 1. The van der Waals surface area contributed by atoms with Crippen molar-refractivity contribution >= 4 is 28.2 Å². The summed E-state index contributed by atoms with van der Waals surface area (Å²) in [4.78, 5) is 11.0. The van der Waals surface area contributed by atoms with Gasteiger partial charge in [0, 0.05) is 0 Å². The predicted octanol–water partition coefficient (Wildman–Crippen LogP) is -0.410. The molecule has 3 heterocycles. The Bertz CT molecular complexity index is 743. The molecule has 0 amide bonds. The standard InChI is InChI=1S/C10H12F3N5O4S/c11-23(12,13)10(7(21)6(20)4(1-19)22-10)18-3-17-5-8(14)15-2-16-9(5)18/h2-4,6-7,19-21H,1H2,(H2,14,15,16)/t4-,6-,7-,10+/m1/s1. The number of hydrogen-bond acceptors (Lipinski definition) is 8. The van der Waals surface area contributed by atoms with Crippen LogP contribution in [-0.4, -0.2) is 59.8 Å². The third-order valence-corrected chi connectivity index (χ3v) is 4.81. The Morgan fingerprint density at radius 2 is 2.00 bits per heavy atom. The van der Waals surface area contributed by atoms with Crippen LogP contribution in [0, 0.1) is 0 Å². The van der Waals surface area contributed by atoms with Gasteiger partial charge < -0.3 is 25.8 Å². The van der Waals surface area contributed by atoms with Crippen LogP contribution < -0.4 is 5.73 Å². The van der Waals surface area contributed by atoms with E-state index in [4.69, 9.17) is 15.6 Å². The van der Waals surface area contributed by atoms with Crippen molar-refractivity contribution in [3.8, 4) is 0 Å². The number of aliphatic hydroxyl groups excluding tert-OH is 3. The molecule has 4 atom stereocenters. The Balaban J connectivity index is 2.27. The van der Waals surface area contributed by atoms with E-state index in [1.807, 2.05) is 0 Å². The molecule has 1 saturated heterocycles. The normalized spacial score (nSPS) is 32.5. The van der Waals surface area contributed by atoms with Crippen LogP contribution in [0.5, 0.6) is 0 Å². The van der Waals surface area contributed by atoms with Gasteiger partial charge in [-0.15, -0.1) is 11.7 Å². The van der Waals surface area contributed by atoms with Crippen LogP contribution in [-0.2, 0) is 9.79 Å². The minimum Gasteiger partial charge on any atom is -0.394 e. The zero-order chi connectivity index (χ0) is 17.0. The lowest BCUT2D eigenvalue weighted by molar-refractivity contribution is -0.0890. The number of halogens is 3. The maximum absolute atomic E-state index is 13.8. The third kappa shape index (κ3) is 2.08. The maximum atomic E-state index is 13.8. The lowest BCUT2D eigenvalue weighted by Gasteiger charge is -2.36. The van der Waals surface area contributed by atoms with Gasteiger partial charge in [0.2, 0.25) is 0 Å². The molecule has 13 heteroatoms. The van der Waals surface area contributed by atoms with Crippen LogP contribution in [0.2, 0.25) is 0 Å². The highest BCUT2D eigenvalue weighted by Gasteiger charge is 2.68. The summed E-state index contributed by atoms with van der Waals surface area (Å²) in [5.74, 6) is -0.146. The van der Waals surface area contributed by atoms with Crippen molar-refractivity contribution in [1.82, 2.24) is 19.5 Å². The smallest absolute Gasteiger partial charge is 0.291 e. The van der Waals surface area contributed by atoms with Gasteiger partial charge in [0.05, 0.1) is 6.61 Å². The first-order valence-electron chi connectivity index (χ1n) is 6.24. The molecule has 1 aliphatic heterocycles. The molecule has 1 fully saturated rings. The predicted molar refractivity (Wildman–Crippen MR) is 72.6 cm³/mol. The Morgan fingerprint density at radius 1 is 1.30 bits per heavy atom. The molecule has 0 radical (unpaired) electrons. The third-order valence-electron chi connectivity index (χ3n) is 3.61. The van der Waals surface area contributed by atoms with E-state index in [9.17, 15) is 21.9 Å². The molecule has 2 aromatic heterocycles. The average Bonchev–Trinajstić information content (AvgIpc) is 3.01. The Labute approximate surface area is 128 Å². The van der Waals surface area contributed by atoms with Crippen molar-refractivity contribution in [3.63, 3.8) is 0 Å². The highest BCUT2D eigenvalue weighted by Crippen LogP contribution is 2.70. The molecule has 23 heavy (non-hydrogen) atoms. The number of nitrogens with zero attached hydrogens (tertiary/aromatic N) is 4. The highest BCUT2D eigenvalue weighted by atomic mass is 32.3. The van der Waals surface area contributed by atoms with Crippen LogP contribution in [0.25, 0.3) is 11.2 Å². The summed E-state index contributed by atoms with van der Waals surface area (Å²) in [6.07, 6.45) is -4.23. The van der Waals surface area contributed by atoms with Gasteiger partial charge in [0.1, 0.15) is 36.5 Å². The van der Waals surface area contributed by atoms with Crippen LogP contribution in [0.3, 0.4) is 0 Å². The minimum absolute atomic E-state index is 0.103. The number of fused-ring (bicyclic) bond motifs is 1. The number of rotatable bonds is 3. The summed E-state index contributed by atoms with van der Waals surface area (Å²) in [5.41, 5.74) is 5.13. The summed E-state index contributed by atoms with van der Waals surface area (Å²) < 4.78 is 46.8. The van der Waals surface area contributed by atoms with E-state index in [1.54, 1.807) is 0 Å². The van der Waals surface area contributed by atoms with Crippen molar-refractivity contribution in [2.75, 3.05) is 12.3 Å². The Morgan fingerprint density at radius 3 is 2.57 bits per heavy atom. The Hall–Kier alpha value is -1.67. The van der Waals surface area contributed by atoms with Gasteiger partial charge in [-0.2, -0.15) is 0 Å². The molecule has 0 bridgehead atoms. The molecule has 0 aliphatic carbocycles. The highest BCUT2D eigenvalue weighted by molar-refractivity contribution is 8.21. The van der Waals surface area contributed by atoms with Crippen molar-refractivity contribution in [3.05, 3.63) is 12.7 Å². The fraction of sp³-hybridized carbons (Fsp3) is 0.500. The number of ether oxygens (including phenoxy) is 1. The Kier molecular flexibility index (Phi) is 3.64. The summed E-state index contributed by atoms with van der Waals surface area (Å²) in [5, 5.41) is 25.6. The van der Waals surface area contributed by atoms with Crippen molar-refractivity contribution < 1.29 is 31.7 Å². The van der Waals surface area contributed by atoms with E-state index in [0.717, 1.165) is 12.7 Å². The second kappa shape index (κ2) is 5.17. The fourth-order valence-electron chi connectivity index (χ4n) is 2.50. The first kappa shape index (κ1) is 16.2. The van der Waals surface area contributed by atoms with Crippen LogP contribution >= 0.6 is 11.2 Å². The van der Waals surface area contributed by atoms with Crippen LogP contribution in [0.1, 0.15) is 0 Å². The molecule has 2 aromatic rings. The molecule has 0 spiro atoms. The molecule has 0 saturated carbocycles. The second-order valence-electron chi connectivity index (χ2n) is 4.86. The van der Waals surface area contributed by atoms with E-state index >= 15 is 0 Å². The lowest BCUT2D eigenvalue weighted by Crippen LogP contribution is -2.46. The van der Waals surface area contributed by atoms with Gasteiger partial charge in [-0.05, 0) is 0 Å². The lowest BCUT2D eigenvalue weighted by atomic mass is 10.1. The first-order chi connectivity index (χ1) is 10.7. The van der Waals surface area contributed by atoms with Gasteiger partial charge in [0.25, 0.3) is 16.2 Å². The summed E-state index contributed by atoms with van der Waals surface area (Å²) >= 11 is -6.14. The average molecular weight is 355 g/mol. The molecule has 0 unspecified atom stereocenters. The van der Waals surface area contributed by atoms with Gasteiger partial charge in [-0.25, -0.2) is 15.0 Å². The largest absolute Gasteiger partial charge is 0.394 e. The summed E-state index contributed by atoms with van der Waals surface area (Å²) in [7, 11) is 0. The number of hydrogen-bond donors (Lipinski definition) is 4. The molecule has 0 aromatic carbocycles. The van der Waals surface area contributed by atoms with Crippen molar-refractivity contribution in [1.29, 1.82) is 0 Å². The molecule has 128 valence electrons. The van der Waals surface area contributed by atoms with Gasteiger partial charge in [-0.1, -0.05) is 0 Å². The van der Waals surface area contributed by atoms with Crippen molar-refractivity contribution in [2.45, 2.75) is 23.4 Å². The van der Waals surface area contributed by atoms with E-state index < -0.39 is 41.2 Å². The molecular weight excluding hydrogens is 343 g/mol. The minimum atomic E-state index is -6.14. The SMILES string of the molecule is Nc1ncnc2c1ncn2[C@]1(S(F)(F)F)O[C@H](CO)[C@@H](O)[C@H]1O. The summed E-state index contributed by atoms with van der Waals surface area (Å²) in [6, 6.07) is 0. The number of nitrogen functional groups attached to an aromatic ring is 1. The zero-order valence-electron chi connectivity index (χ0n) is 11.3. The van der Waals surface area contributed by atoms with Crippen LogP contribution in [0.15, 0.2) is 12.7 Å². The molecule has 3 rings (SSSR count). The number of anilines is 1. The maximum Gasteiger partial charge on any atom is 0.291 e. The number of aliphatic hydroxyl groups is 3. The number of aromatic nitrogens is 4. The molecule has 1 aliphatic rings. The van der Waals surface area contributed by atoms with Crippen molar-refractivity contribution in [2.24, 2.45) is 0 Å². The van der Waals surface area contributed by atoms with E-state index in [-0.39, 0.29) is 17.0 Å². The van der Waals surface area contributed by atoms with E-state index in [2.05, 4.69) is 15.0 Å². The second-order valence-corrected chi connectivity index (χ2v) is 6.25. The molecule has 9 nitrogen and oxygen atoms in total. The fourth-order valence-corrected chi connectivity index (χ4v) is 3.51. The number of nitrogens with two attached hydrogens (primary N) is 1. The van der Waals surface area contributed by atoms with Gasteiger partial charge in [-0.3, -0.25) is 4.57 Å². The van der Waals surface area contributed by atoms with Gasteiger partial charge in [0.15, 0.2) is 11.5 Å². The first-order valence-corrected chi connectivity index (χ1v) is 7.58. The molecular formula is C10H12F3N5O4S. The van der Waals surface area contributed by atoms with Crippen LogP contribution in [0.4, 0.5) is 17.5 Å². The van der Waals surface area contributed by atoms with Gasteiger partial charge >= 0.3 is 0 Å².